The fourth-order valence-electron chi connectivity index (χ4n) is 2.48. The third-order valence-corrected chi connectivity index (χ3v) is 4.75. The Kier molecular flexibility index (Phi) is 5.64. The fourth-order valence-corrected chi connectivity index (χ4v) is 3.31. The van der Waals surface area contributed by atoms with Crippen LogP contribution in [-0.2, 0) is 15.8 Å². The molecule has 0 atom stereocenters. The van der Waals surface area contributed by atoms with Gasteiger partial charge in [-0.3, -0.25) is 19.3 Å². The molecule has 2 aromatic rings. The van der Waals surface area contributed by atoms with Crippen LogP contribution in [0.4, 0.5) is 23.7 Å². The van der Waals surface area contributed by atoms with Gasteiger partial charge in [-0.15, -0.1) is 0 Å². The van der Waals surface area contributed by atoms with E-state index < -0.39 is 35.3 Å². The van der Waals surface area contributed by atoms with E-state index in [4.69, 9.17) is 0 Å². The zero-order valence-corrected chi connectivity index (χ0v) is 15.4. The molecule has 0 unspecified atom stereocenters. The first-order chi connectivity index (χ1) is 13.6. The van der Waals surface area contributed by atoms with Crippen molar-refractivity contribution in [3.05, 3.63) is 64.6 Å². The largest absolute Gasteiger partial charge is 0.508 e. The Balaban J connectivity index is 1.68. The second-order valence-corrected chi connectivity index (χ2v) is 6.98. The van der Waals surface area contributed by atoms with Gasteiger partial charge in [0.15, 0.2) is 0 Å². The number of alkyl halides is 3. The number of phenols is 1. The second kappa shape index (κ2) is 8.00. The third kappa shape index (κ3) is 4.96. The summed E-state index contributed by atoms with van der Waals surface area (Å²) in [7, 11) is 0. The van der Waals surface area contributed by atoms with Crippen molar-refractivity contribution in [1.29, 1.82) is 0 Å². The molecule has 0 aromatic heterocycles. The van der Waals surface area contributed by atoms with Gasteiger partial charge in [0, 0.05) is 5.69 Å². The first-order valence-corrected chi connectivity index (χ1v) is 8.96. The second-order valence-electron chi connectivity index (χ2n) is 5.99. The highest BCUT2D eigenvalue weighted by molar-refractivity contribution is 8.18. The van der Waals surface area contributed by atoms with Crippen LogP contribution in [0.2, 0.25) is 0 Å². The summed E-state index contributed by atoms with van der Waals surface area (Å²) in [5.74, 6) is -1.45. The van der Waals surface area contributed by atoms with Gasteiger partial charge in [0.2, 0.25) is 5.91 Å². The van der Waals surface area contributed by atoms with Gasteiger partial charge in [-0.2, -0.15) is 13.2 Å². The maximum atomic E-state index is 12.7. The van der Waals surface area contributed by atoms with Crippen LogP contribution in [-0.4, -0.2) is 33.6 Å². The van der Waals surface area contributed by atoms with Gasteiger partial charge < -0.3 is 10.4 Å². The summed E-state index contributed by atoms with van der Waals surface area (Å²) >= 11 is 0.642. The van der Waals surface area contributed by atoms with Crippen LogP contribution in [0.25, 0.3) is 6.08 Å². The van der Waals surface area contributed by atoms with Crippen LogP contribution in [0.5, 0.6) is 5.75 Å². The van der Waals surface area contributed by atoms with E-state index in [1.165, 1.54) is 24.3 Å². The lowest BCUT2D eigenvalue weighted by Gasteiger charge is -2.13. The van der Waals surface area contributed by atoms with E-state index >= 15 is 0 Å². The van der Waals surface area contributed by atoms with Crippen molar-refractivity contribution in [3.63, 3.8) is 0 Å². The normalized spacial score (nSPS) is 15.8. The zero-order chi connectivity index (χ0) is 21.2. The number of aromatic hydroxyl groups is 1. The summed E-state index contributed by atoms with van der Waals surface area (Å²) in [6, 6.07) is 9.95. The van der Waals surface area contributed by atoms with Crippen molar-refractivity contribution in [2.75, 3.05) is 11.9 Å². The molecular weight excluding hydrogens is 409 g/mol. The summed E-state index contributed by atoms with van der Waals surface area (Å²) in [6.07, 6.45) is -3.12. The van der Waals surface area contributed by atoms with Crippen LogP contribution in [0.1, 0.15) is 11.1 Å². The molecule has 29 heavy (non-hydrogen) atoms. The minimum Gasteiger partial charge on any atom is -0.508 e. The Morgan fingerprint density at radius 3 is 2.48 bits per heavy atom. The summed E-state index contributed by atoms with van der Waals surface area (Å²) < 4.78 is 38.2. The number of carbonyl (C=O) groups excluding carboxylic acids is 3. The van der Waals surface area contributed by atoms with Crippen LogP contribution in [0.15, 0.2) is 53.4 Å². The van der Waals surface area contributed by atoms with Crippen LogP contribution in [0.3, 0.4) is 0 Å². The van der Waals surface area contributed by atoms with Crippen molar-refractivity contribution in [2.45, 2.75) is 6.18 Å². The van der Waals surface area contributed by atoms with Gasteiger partial charge in [-0.25, -0.2) is 0 Å². The molecule has 0 spiro atoms. The van der Waals surface area contributed by atoms with Crippen LogP contribution in [0, 0.1) is 0 Å². The number of rotatable bonds is 4. The van der Waals surface area contributed by atoms with Crippen molar-refractivity contribution in [2.24, 2.45) is 0 Å². The number of nitrogens with one attached hydrogen (secondary N) is 1. The minimum absolute atomic E-state index is 0.0431. The average molecular weight is 422 g/mol. The maximum absolute atomic E-state index is 12.7. The van der Waals surface area contributed by atoms with Gasteiger partial charge in [0.1, 0.15) is 12.3 Å². The predicted molar refractivity (Wildman–Crippen MR) is 101 cm³/mol. The maximum Gasteiger partial charge on any atom is 0.416 e. The number of amides is 3. The monoisotopic (exact) mass is 422 g/mol. The van der Waals surface area contributed by atoms with E-state index in [0.29, 0.717) is 22.2 Å². The quantitative estimate of drug-likeness (QED) is 0.725. The Morgan fingerprint density at radius 2 is 1.83 bits per heavy atom. The SMILES string of the molecule is O=C(CN1C(=O)S/C(=C\c2ccc(O)cc2)C1=O)Nc1cccc(C(F)(F)F)c1. The molecule has 2 N–H and O–H groups in total. The third-order valence-electron chi connectivity index (χ3n) is 3.84. The summed E-state index contributed by atoms with van der Waals surface area (Å²) in [5, 5.41) is 10.9. The summed E-state index contributed by atoms with van der Waals surface area (Å²) in [6.45, 7) is -0.631. The lowest BCUT2D eigenvalue weighted by Crippen LogP contribution is -2.36. The molecule has 1 aliphatic heterocycles. The van der Waals surface area contributed by atoms with Gasteiger partial charge >= 0.3 is 6.18 Å². The number of imide groups is 1. The number of nitrogens with zero attached hydrogens (tertiary/aromatic N) is 1. The lowest BCUT2D eigenvalue weighted by molar-refractivity contribution is -0.137. The van der Waals surface area contributed by atoms with E-state index in [1.54, 1.807) is 12.1 Å². The molecule has 1 saturated heterocycles. The number of anilines is 1. The van der Waals surface area contributed by atoms with Crippen molar-refractivity contribution in [3.8, 4) is 5.75 Å². The van der Waals surface area contributed by atoms with E-state index in [1.807, 2.05) is 0 Å². The molecule has 0 bridgehead atoms. The first kappa shape index (κ1) is 20.5. The molecule has 2 aromatic carbocycles. The molecule has 1 fully saturated rings. The molecule has 3 amide bonds. The zero-order valence-electron chi connectivity index (χ0n) is 14.6. The Labute approximate surface area is 167 Å². The Hall–Kier alpha value is -3.27. The minimum atomic E-state index is -4.56. The lowest BCUT2D eigenvalue weighted by atomic mass is 10.2. The molecule has 10 heteroatoms. The first-order valence-electron chi connectivity index (χ1n) is 8.15. The molecule has 0 aliphatic carbocycles. The van der Waals surface area contributed by atoms with E-state index in [0.717, 1.165) is 18.2 Å². The Morgan fingerprint density at radius 1 is 1.14 bits per heavy atom. The number of halogens is 3. The van der Waals surface area contributed by atoms with E-state index in [2.05, 4.69) is 5.32 Å². The standard InChI is InChI=1S/C19H13F3N2O4S/c20-19(21,22)12-2-1-3-13(9-12)23-16(26)10-24-17(27)15(29-18(24)28)8-11-4-6-14(25)7-5-11/h1-9,25H,10H2,(H,23,26)/b15-8-. The van der Waals surface area contributed by atoms with Crippen LogP contribution >= 0.6 is 11.8 Å². The molecule has 3 rings (SSSR count). The molecule has 0 saturated carbocycles. The number of benzene rings is 2. The molecular formula is C19H13F3N2O4S. The molecule has 1 aliphatic rings. The summed E-state index contributed by atoms with van der Waals surface area (Å²) in [5.41, 5.74) is -0.462. The van der Waals surface area contributed by atoms with Gasteiger partial charge in [-0.05, 0) is 53.7 Å². The molecule has 6 nitrogen and oxygen atoms in total. The average Bonchev–Trinajstić information content (AvgIpc) is 2.90. The van der Waals surface area contributed by atoms with Crippen molar-refractivity contribution < 1.29 is 32.7 Å². The van der Waals surface area contributed by atoms with E-state index in [-0.39, 0.29) is 16.3 Å². The Bertz CT molecular complexity index is 1000. The molecule has 1 heterocycles. The smallest absolute Gasteiger partial charge is 0.416 e. The summed E-state index contributed by atoms with van der Waals surface area (Å²) in [4.78, 5) is 37.4. The molecule has 0 radical (unpaired) electrons. The van der Waals surface area contributed by atoms with Crippen molar-refractivity contribution >= 4 is 40.6 Å². The predicted octanol–water partition coefficient (Wildman–Crippen LogP) is 4.09. The molecule has 150 valence electrons. The van der Waals surface area contributed by atoms with Crippen molar-refractivity contribution in [1.82, 2.24) is 4.90 Å². The van der Waals surface area contributed by atoms with Gasteiger partial charge in [0.05, 0.1) is 10.5 Å². The number of hydrogen-bond donors (Lipinski definition) is 2. The van der Waals surface area contributed by atoms with Gasteiger partial charge in [-0.1, -0.05) is 18.2 Å². The topological polar surface area (TPSA) is 86.7 Å². The number of phenolic OH excluding ortho intramolecular Hbond substituents is 1. The number of thioether (sulfide) groups is 1. The highest BCUT2D eigenvalue weighted by Crippen LogP contribution is 2.33. The highest BCUT2D eigenvalue weighted by Gasteiger charge is 2.36. The van der Waals surface area contributed by atoms with Crippen LogP contribution < -0.4 is 5.32 Å². The highest BCUT2D eigenvalue weighted by atomic mass is 32.2. The number of carbonyl (C=O) groups is 3. The van der Waals surface area contributed by atoms with Gasteiger partial charge in [0.25, 0.3) is 11.1 Å². The number of hydrogen-bond acceptors (Lipinski definition) is 5. The fraction of sp³-hybridized carbons (Fsp3) is 0.105. The van der Waals surface area contributed by atoms with E-state index in [9.17, 15) is 32.7 Å².